The molecule has 1 aliphatic carbocycles. The molecule has 4 atom stereocenters. The number of piperidine rings is 1. The largest absolute Gasteiger partial charge is 0.322 e. The van der Waals surface area contributed by atoms with Gasteiger partial charge in [0.1, 0.15) is 6.04 Å². The van der Waals surface area contributed by atoms with Gasteiger partial charge in [-0.1, -0.05) is 12.1 Å². The van der Waals surface area contributed by atoms with E-state index in [0.29, 0.717) is 30.6 Å². The molecule has 142 valence electrons. The normalized spacial score (nSPS) is 32.1. The van der Waals surface area contributed by atoms with E-state index < -0.39 is 6.04 Å². The molecular formula is C20H24N4O3. The van der Waals surface area contributed by atoms with Gasteiger partial charge in [0.15, 0.2) is 0 Å². The lowest BCUT2D eigenvalue weighted by atomic mass is 9.75. The molecule has 7 heteroatoms. The second-order valence-corrected chi connectivity index (χ2v) is 8.13. The fraction of sp³-hybridized carbons (Fsp3) is 0.550. The Kier molecular flexibility index (Phi) is 4.02. The summed E-state index contributed by atoms with van der Waals surface area (Å²) in [5.74, 6) is 0.0117. The van der Waals surface area contributed by atoms with Crippen LogP contribution >= 0.6 is 0 Å². The van der Waals surface area contributed by atoms with Crippen LogP contribution in [0.25, 0.3) is 0 Å². The van der Waals surface area contributed by atoms with Crippen LogP contribution in [0.3, 0.4) is 0 Å². The SMILES string of the molecule is O=C1CCC(N2Cc3ccc(CN[C@@H]4C[C@@H]5NCC[C@@H]54)cc3C2=O)C(=O)N1. The average Bonchev–Trinajstić information content (AvgIpc) is 3.16. The molecule has 4 aliphatic rings. The van der Waals surface area contributed by atoms with Crippen molar-refractivity contribution in [3.05, 3.63) is 34.9 Å². The Bertz CT molecular complexity index is 823. The Morgan fingerprint density at radius 2 is 2.07 bits per heavy atom. The minimum atomic E-state index is -0.550. The van der Waals surface area contributed by atoms with E-state index >= 15 is 0 Å². The Labute approximate surface area is 157 Å². The van der Waals surface area contributed by atoms with Crippen molar-refractivity contribution in [2.75, 3.05) is 6.54 Å². The third-order valence-corrected chi connectivity index (χ3v) is 6.59. The van der Waals surface area contributed by atoms with Crippen LogP contribution in [-0.2, 0) is 22.7 Å². The Balaban J connectivity index is 1.25. The molecule has 0 aromatic heterocycles. The number of hydrogen-bond donors (Lipinski definition) is 3. The zero-order valence-corrected chi connectivity index (χ0v) is 15.2. The van der Waals surface area contributed by atoms with Crippen molar-refractivity contribution in [3.8, 4) is 0 Å². The number of carbonyl (C=O) groups is 3. The third-order valence-electron chi connectivity index (χ3n) is 6.59. The van der Waals surface area contributed by atoms with E-state index in [1.807, 2.05) is 12.1 Å². The van der Waals surface area contributed by atoms with Gasteiger partial charge in [-0.25, -0.2) is 0 Å². The summed E-state index contributed by atoms with van der Waals surface area (Å²) in [6.07, 6.45) is 3.10. The van der Waals surface area contributed by atoms with E-state index in [9.17, 15) is 14.4 Å². The molecule has 0 bridgehead atoms. The van der Waals surface area contributed by atoms with Crippen molar-refractivity contribution in [3.63, 3.8) is 0 Å². The Hall–Kier alpha value is -2.25. The van der Waals surface area contributed by atoms with Crippen LogP contribution in [0.4, 0.5) is 0 Å². The smallest absolute Gasteiger partial charge is 0.255 e. The number of hydrogen-bond acceptors (Lipinski definition) is 5. The average molecular weight is 368 g/mol. The number of nitrogens with one attached hydrogen (secondary N) is 3. The number of fused-ring (bicyclic) bond motifs is 2. The number of amides is 3. The minimum Gasteiger partial charge on any atom is -0.322 e. The van der Waals surface area contributed by atoms with Crippen molar-refractivity contribution in [2.24, 2.45) is 5.92 Å². The molecule has 3 aliphatic heterocycles. The molecule has 3 N–H and O–H groups in total. The van der Waals surface area contributed by atoms with Crippen molar-refractivity contribution < 1.29 is 14.4 Å². The quantitative estimate of drug-likeness (QED) is 0.665. The highest BCUT2D eigenvalue weighted by Gasteiger charge is 2.43. The van der Waals surface area contributed by atoms with Crippen molar-refractivity contribution in [1.82, 2.24) is 20.9 Å². The fourth-order valence-electron chi connectivity index (χ4n) is 4.98. The maximum atomic E-state index is 12.9. The maximum absolute atomic E-state index is 12.9. The molecule has 3 amide bonds. The molecule has 1 aromatic rings. The van der Waals surface area contributed by atoms with Crippen LogP contribution in [0.2, 0.25) is 0 Å². The summed E-state index contributed by atoms with van der Waals surface area (Å²) in [6.45, 7) is 2.32. The van der Waals surface area contributed by atoms with Gasteiger partial charge in [0.2, 0.25) is 11.8 Å². The summed E-state index contributed by atoms with van der Waals surface area (Å²) < 4.78 is 0. The molecule has 0 radical (unpaired) electrons. The predicted octanol–water partition coefficient (Wildman–Crippen LogP) is 0.288. The number of carbonyl (C=O) groups excluding carboxylic acids is 3. The van der Waals surface area contributed by atoms with Gasteiger partial charge in [0.25, 0.3) is 5.91 Å². The van der Waals surface area contributed by atoms with Crippen molar-refractivity contribution in [2.45, 2.75) is 56.9 Å². The molecule has 3 heterocycles. The zero-order valence-electron chi connectivity index (χ0n) is 15.2. The lowest BCUT2D eigenvalue weighted by Crippen LogP contribution is -2.54. The van der Waals surface area contributed by atoms with Crippen molar-refractivity contribution >= 4 is 17.7 Å². The minimum absolute atomic E-state index is 0.106. The molecule has 0 spiro atoms. The van der Waals surface area contributed by atoms with E-state index in [2.05, 4.69) is 22.0 Å². The first-order valence-electron chi connectivity index (χ1n) is 9.83. The molecule has 5 rings (SSSR count). The van der Waals surface area contributed by atoms with Gasteiger partial charge >= 0.3 is 0 Å². The summed E-state index contributed by atoms with van der Waals surface area (Å²) in [5.41, 5.74) is 2.74. The van der Waals surface area contributed by atoms with Gasteiger partial charge in [-0.2, -0.15) is 0 Å². The Morgan fingerprint density at radius 1 is 1.19 bits per heavy atom. The highest BCUT2D eigenvalue weighted by atomic mass is 16.2. The highest BCUT2D eigenvalue weighted by molar-refractivity contribution is 6.05. The number of rotatable bonds is 4. The van der Waals surface area contributed by atoms with Crippen LogP contribution in [0.1, 0.15) is 47.2 Å². The number of imide groups is 1. The summed E-state index contributed by atoms with van der Waals surface area (Å²) >= 11 is 0. The monoisotopic (exact) mass is 368 g/mol. The first kappa shape index (κ1) is 16.9. The standard InChI is InChI=1S/C20H24N4O3/c25-18-4-3-17(19(26)23-18)24-10-12-2-1-11(7-14(12)20(24)27)9-22-16-8-15-13(16)5-6-21-15/h1-2,7,13,15-17,21-22H,3-6,8-10H2,(H,23,25,26)/t13-,15-,16+,17?/m0/s1. The Morgan fingerprint density at radius 3 is 2.89 bits per heavy atom. The van der Waals surface area contributed by atoms with Gasteiger partial charge in [-0.15, -0.1) is 0 Å². The first-order valence-corrected chi connectivity index (χ1v) is 9.83. The summed E-state index contributed by atoms with van der Waals surface area (Å²) in [7, 11) is 0. The van der Waals surface area contributed by atoms with Gasteiger partial charge in [-0.05, 0) is 48.9 Å². The van der Waals surface area contributed by atoms with E-state index in [1.54, 1.807) is 4.90 Å². The lowest BCUT2D eigenvalue weighted by molar-refractivity contribution is -0.136. The van der Waals surface area contributed by atoms with Gasteiger partial charge in [-0.3, -0.25) is 19.7 Å². The van der Waals surface area contributed by atoms with Crippen LogP contribution < -0.4 is 16.0 Å². The van der Waals surface area contributed by atoms with Crippen LogP contribution in [0.5, 0.6) is 0 Å². The molecule has 27 heavy (non-hydrogen) atoms. The number of benzene rings is 1. The molecule has 3 fully saturated rings. The van der Waals surface area contributed by atoms with E-state index in [1.165, 1.54) is 12.8 Å². The fourth-order valence-corrected chi connectivity index (χ4v) is 4.98. The summed E-state index contributed by atoms with van der Waals surface area (Å²) in [6, 6.07) is 6.72. The molecule has 1 aromatic carbocycles. The third kappa shape index (κ3) is 2.85. The summed E-state index contributed by atoms with van der Waals surface area (Å²) in [4.78, 5) is 37.9. The van der Waals surface area contributed by atoms with Crippen LogP contribution in [-0.4, -0.2) is 47.3 Å². The second kappa shape index (κ2) is 6.42. The molecule has 1 unspecified atom stereocenters. The molecular weight excluding hydrogens is 344 g/mol. The van der Waals surface area contributed by atoms with Gasteiger partial charge in [0.05, 0.1) is 0 Å². The first-order chi connectivity index (χ1) is 13.1. The van der Waals surface area contributed by atoms with Gasteiger partial charge in [0, 0.05) is 37.2 Å². The van der Waals surface area contributed by atoms with Crippen molar-refractivity contribution in [1.29, 1.82) is 0 Å². The zero-order chi connectivity index (χ0) is 18.5. The van der Waals surface area contributed by atoms with Crippen LogP contribution in [0.15, 0.2) is 18.2 Å². The molecule has 2 saturated heterocycles. The maximum Gasteiger partial charge on any atom is 0.255 e. The summed E-state index contributed by atoms with van der Waals surface area (Å²) in [5, 5.41) is 9.50. The lowest BCUT2D eigenvalue weighted by Gasteiger charge is -2.40. The van der Waals surface area contributed by atoms with E-state index in [-0.39, 0.29) is 24.1 Å². The van der Waals surface area contributed by atoms with Gasteiger partial charge < -0.3 is 15.5 Å². The predicted molar refractivity (Wildman–Crippen MR) is 97.6 cm³/mol. The van der Waals surface area contributed by atoms with E-state index in [0.717, 1.165) is 30.1 Å². The topological polar surface area (TPSA) is 90.5 Å². The number of nitrogens with zero attached hydrogens (tertiary/aromatic N) is 1. The highest BCUT2D eigenvalue weighted by Crippen LogP contribution is 2.35. The molecule has 1 saturated carbocycles. The molecule has 7 nitrogen and oxygen atoms in total. The second-order valence-electron chi connectivity index (χ2n) is 8.13. The van der Waals surface area contributed by atoms with E-state index in [4.69, 9.17) is 0 Å². The van der Waals surface area contributed by atoms with Crippen LogP contribution in [0, 0.1) is 5.92 Å².